The largest absolute Gasteiger partial charge is 0.394 e. The van der Waals surface area contributed by atoms with Crippen LogP contribution < -0.4 is 11.3 Å². The van der Waals surface area contributed by atoms with Crippen LogP contribution in [0, 0.1) is 0 Å². The van der Waals surface area contributed by atoms with Crippen LogP contribution in [0.2, 0.25) is 0 Å². The number of H-pyrrole nitrogens is 1. The molecule has 9 nitrogen and oxygen atoms in total. The van der Waals surface area contributed by atoms with Crippen molar-refractivity contribution in [3.63, 3.8) is 0 Å². The van der Waals surface area contributed by atoms with Gasteiger partial charge in [-0.3, -0.25) is 14.3 Å². The number of nitrogens with two attached hydrogens (primary N) is 1. The zero-order valence-corrected chi connectivity index (χ0v) is 10.9. The molecule has 110 valence electrons. The Hall–Kier alpha value is -2.45. The lowest BCUT2D eigenvalue weighted by Crippen LogP contribution is -2.25. The number of hydrogen-bond acceptors (Lipinski definition) is 7. The summed E-state index contributed by atoms with van der Waals surface area (Å²) in [5, 5.41) is 19.2. The van der Waals surface area contributed by atoms with Crippen LogP contribution in [0.1, 0.15) is 6.23 Å². The Bertz CT molecular complexity index is 804. The summed E-state index contributed by atoms with van der Waals surface area (Å²) in [5.41, 5.74) is 8.28. The van der Waals surface area contributed by atoms with Gasteiger partial charge in [0, 0.05) is 0 Å². The number of aliphatic hydroxyl groups excluding tert-OH is 2. The van der Waals surface area contributed by atoms with Crippen LogP contribution in [-0.4, -0.2) is 48.5 Å². The Labute approximate surface area is 118 Å². The highest BCUT2D eigenvalue weighted by Crippen LogP contribution is 2.34. The highest BCUT2D eigenvalue weighted by atomic mass is 16.5. The number of nitrogens with one attached hydrogen (secondary N) is 1. The minimum Gasteiger partial charge on any atom is -0.394 e. The van der Waals surface area contributed by atoms with E-state index in [1.165, 1.54) is 10.9 Å². The van der Waals surface area contributed by atoms with Crippen LogP contribution in [-0.2, 0) is 4.74 Å². The third kappa shape index (κ3) is 1.96. The molecule has 3 rings (SSSR count). The van der Waals surface area contributed by atoms with Crippen LogP contribution in [0.4, 0.5) is 5.95 Å². The first-order chi connectivity index (χ1) is 10.1. The van der Waals surface area contributed by atoms with Gasteiger partial charge >= 0.3 is 0 Å². The molecule has 0 bridgehead atoms. The summed E-state index contributed by atoms with van der Waals surface area (Å²) in [6.45, 7) is 3.14. The summed E-state index contributed by atoms with van der Waals surface area (Å²) in [4.78, 5) is 22.1. The molecule has 0 saturated carbocycles. The first-order valence-corrected chi connectivity index (χ1v) is 6.13. The van der Waals surface area contributed by atoms with Gasteiger partial charge in [0.05, 0.1) is 18.5 Å². The minimum atomic E-state index is -1.05. The summed E-state index contributed by atoms with van der Waals surface area (Å²) < 4.78 is 6.99. The zero-order chi connectivity index (χ0) is 15.1. The second-order valence-electron chi connectivity index (χ2n) is 4.56. The van der Waals surface area contributed by atoms with Crippen LogP contribution in [0.3, 0.4) is 0 Å². The average molecular weight is 291 g/mol. The third-order valence-electron chi connectivity index (χ3n) is 3.33. The highest BCUT2D eigenvalue weighted by molar-refractivity contribution is 5.70. The number of aromatic amines is 1. The van der Waals surface area contributed by atoms with Crippen molar-refractivity contribution < 1.29 is 14.9 Å². The number of ether oxygens (including phenoxy) is 1. The van der Waals surface area contributed by atoms with Gasteiger partial charge in [-0.05, 0) is 0 Å². The van der Waals surface area contributed by atoms with E-state index < -0.39 is 24.0 Å². The molecule has 0 aliphatic carbocycles. The van der Waals surface area contributed by atoms with E-state index >= 15 is 0 Å². The number of aromatic nitrogens is 4. The van der Waals surface area contributed by atoms with Crippen molar-refractivity contribution in [2.24, 2.45) is 0 Å². The quantitative estimate of drug-likeness (QED) is 0.502. The van der Waals surface area contributed by atoms with Crippen LogP contribution in [0.25, 0.3) is 11.2 Å². The number of fused-ring (bicyclic) bond motifs is 1. The molecule has 9 heteroatoms. The molecule has 0 radical (unpaired) electrons. The Kier molecular flexibility index (Phi) is 3.11. The maximum atomic E-state index is 11.7. The first kappa shape index (κ1) is 13.5. The topological polar surface area (TPSA) is 139 Å². The van der Waals surface area contributed by atoms with Gasteiger partial charge in [-0.15, -0.1) is 5.73 Å². The predicted octanol–water partition coefficient (Wildman–Crippen LogP) is -1.34. The van der Waals surface area contributed by atoms with E-state index in [-0.39, 0.29) is 23.7 Å². The summed E-state index contributed by atoms with van der Waals surface area (Å²) in [6.07, 6.45) is -1.32. The van der Waals surface area contributed by atoms with Crippen LogP contribution >= 0.6 is 0 Å². The first-order valence-electron chi connectivity index (χ1n) is 6.13. The molecule has 1 saturated heterocycles. The normalized spacial score (nSPS) is 25.4. The molecule has 2 aromatic heterocycles. The summed E-state index contributed by atoms with van der Waals surface area (Å²) in [6, 6.07) is 0. The summed E-state index contributed by atoms with van der Waals surface area (Å²) in [7, 11) is 0. The Morgan fingerprint density at radius 2 is 2.38 bits per heavy atom. The molecule has 1 aliphatic heterocycles. The number of nitrogen functional groups attached to an aromatic ring is 1. The molecule has 5 N–H and O–H groups in total. The zero-order valence-electron chi connectivity index (χ0n) is 10.9. The second kappa shape index (κ2) is 4.83. The molecule has 21 heavy (non-hydrogen) atoms. The van der Waals surface area contributed by atoms with Gasteiger partial charge in [0.15, 0.2) is 17.4 Å². The standard InChI is InChI=1S/C12H13N5O4/c1-2-5-8(19)6(3-18)21-11(5)17-4-14-7-9(17)15-12(13)16-10(7)20/h4,6,8,11,18-19H,1,3H2,(H3,13,15,16,20)/t6-,8+,11-/m1/s1. The highest BCUT2D eigenvalue weighted by Gasteiger charge is 2.40. The van der Waals surface area contributed by atoms with Gasteiger partial charge in [-0.25, -0.2) is 4.98 Å². The summed E-state index contributed by atoms with van der Waals surface area (Å²) in [5.74, 6) is -0.0596. The molecular formula is C12H13N5O4. The van der Waals surface area contributed by atoms with Crippen molar-refractivity contribution in [1.82, 2.24) is 19.5 Å². The van der Waals surface area contributed by atoms with Gasteiger partial charge in [0.1, 0.15) is 12.2 Å². The molecule has 0 amide bonds. The van der Waals surface area contributed by atoms with E-state index in [2.05, 4.69) is 27.3 Å². The lowest BCUT2D eigenvalue weighted by molar-refractivity contribution is -0.0422. The number of aliphatic hydroxyl groups is 2. The second-order valence-corrected chi connectivity index (χ2v) is 4.56. The van der Waals surface area contributed by atoms with Crippen molar-refractivity contribution in [3.05, 3.63) is 34.6 Å². The maximum absolute atomic E-state index is 11.7. The maximum Gasteiger partial charge on any atom is 0.280 e. The van der Waals surface area contributed by atoms with Crippen LogP contribution in [0.15, 0.2) is 29.0 Å². The molecule has 3 atom stereocenters. The van der Waals surface area contributed by atoms with Gasteiger partial charge in [-0.2, -0.15) is 4.98 Å². The fraction of sp³-hybridized carbons (Fsp3) is 0.333. The third-order valence-corrected chi connectivity index (χ3v) is 3.33. The van der Waals surface area contributed by atoms with E-state index in [9.17, 15) is 15.0 Å². The van der Waals surface area contributed by atoms with Crippen molar-refractivity contribution in [2.45, 2.75) is 18.4 Å². The van der Waals surface area contributed by atoms with Gasteiger partial charge in [-0.1, -0.05) is 6.58 Å². The van der Waals surface area contributed by atoms with Crippen LogP contribution in [0.5, 0.6) is 0 Å². The van der Waals surface area contributed by atoms with E-state index in [0.717, 1.165) is 0 Å². The Morgan fingerprint density at radius 3 is 3.05 bits per heavy atom. The number of hydrogen-bond donors (Lipinski definition) is 4. The molecule has 0 unspecified atom stereocenters. The number of imidazole rings is 1. The van der Waals surface area contributed by atoms with Crippen molar-refractivity contribution in [3.8, 4) is 0 Å². The smallest absolute Gasteiger partial charge is 0.280 e. The number of anilines is 1. The van der Waals surface area contributed by atoms with Crippen molar-refractivity contribution in [2.75, 3.05) is 12.3 Å². The van der Waals surface area contributed by atoms with E-state index in [4.69, 9.17) is 10.5 Å². The van der Waals surface area contributed by atoms with E-state index in [1.54, 1.807) is 0 Å². The van der Waals surface area contributed by atoms with E-state index in [1.807, 2.05) is 0 Å². The van der Waals surface area contributed by atoms with Crippen molar-refractivity contribution >= 4 is 17.1 Å². The molecule has 3 heterocycles. The predicted molar refractivity (Wildman–Crippen MR) is 72.2 cm³/mol. The minimum absolute atomic E-state index is 0.0596. The fourth-order valence-electron chi connectivity index (χ4n) is 2.32. The average Bonchev–Trinajstić information content (AvgIpc) is 2.99. The Morgan fingerprint density at radius 1 is 1.62 bits per heavy atom. The van der Waals surface area contributed by atoms with Gasteiger partial charge < -0.3 is 20.7 Å². The fourth-order valence-corrected chi connectivity index (χ4v) is 2.32. The lowest BCUT2D eigenvalue weighted by Gasteiger charge is -2.13. The number of nitrogens with zero attached hydrogens (tertiary/aromatic N) is 3. The monoisotopic (exact) mass is 291 g/mol. The van der Waals surface area contributed by atoms with E-state index in [0.29, 0.717) is 5.57 Å². The Balaban J connectivity index is 2.17. The molecule has 0 spiro atoms. The molecular weight excluding hydrogens is 278 g/mol. The number of rotatable bonds is 2. The molecule has 0 aromatic carbocycles. The van der Waals surface area contributed by atoms with Gasteiger partial charge in [0.25, 0.3) is 5.56 Å². The molecule has 1 fully saturated rings. The summed E-state index contributed by atoms with van der Waals surface area (Å²) >= 11 is 0. The molecule has 2 aromatic rings. The van der Waals surface area contributed by atoms with Crippen molar-refractivity contribution in [1.29, 1.82) is 0 Å². The lowest BCUT2D eigenvalue weighted by atomic mass is 10.1. The SMILES string of the molecule is C=C=C1[C@H](n2cnc3c(=O)[nH]c(N)nc32)O[C@H](CO)[C@H]1O. The van der Waals surface area contributed by atoms with Gasteiger partial charge in [0.2, 0.25) is 5.95 Å². The molecule has 1 aliphatic rings.